The zero-order valence-electron chi connectivity index (χ0n) is 24.6. The summed E-state index contributed by atoms with van der Waals surface area (Å²) in [7, 11) is -8.00. The van der Waals surface area contributed by atoms with Crippen LogP contribution in [0.25, 0.3) is 10.8 Å². The third-order valence-electron chi connectivity index (χ3n) is 7.23. The molecule has 0 saturated carbocycles. The van der Waals surface area contributed by atoms with Gasteiger partial charge >= 0.3 is 0 Å². The first-order valence-corrected chi connectivity index (χ1v) is 17.0. The van der Waals surface area contributed by atoms with Crippen molar-refractivity contribution in [2.45, 2.75) is 36.5 Å². The number of fused-ring (bicyclic) bond motifs is 1. The number of hydrogen-bond donors (Lipinski definition) is 2. The summed E-state index contributed by atoms with van der Waals surface area (Å²) in [6.07, 6.45) is 0. The lowest BCUT2D eigenvalue weighted by Crippen LogP contribution is -2.38. The maximum atomic E-state index is 13.7. The smallest absolute Gasteiger partial charge is 0.264 e. The van der Waals surface area contributed by atoms with Crippen LogP contribution in [0.1, 0.15) is 30.9 Å². The second-order valence-corrected chi connectivity index (χ2v) is 14.3. The second kappa shape index (κ2) is 12.5. The Morgan fingerprint density at radius 2 is 1.34 bits per heavy atom. The fraction of sp³-hybridized carbons (Fsp3) is 0.147. The number of benzene rings is 5. The van der Waals surface area contributed by atoms with Gasteiger partial charge in [-0.1, -0.05) is 80.1 Å². The fourth-order valence-corrected chi connectivity index (χ4v) is 7.25. The molecule has 0 aliphatic carbocycles. The number of hydrogen-bond acceptors (Lipinski definition) is 5. The standard InChI is InChI=1S/C34H33N3O5S2/c1-24(2)26-13-17-29(18-14-26)37(44(41,42)31-19-11-25(3)12-20-31)23-34(38)35-28-15-21-30(22-16-28)43(39,40)36-33-10-6-8-27-7-4-5-9-32(27)33/h4-22,24,36H,23H2,1-3H3,(H,35,38). The van der Waals surface area contributed by atoms with E-state index in [0.717, 1.165) is 26.2 Å². The summed E-state index contributed by atoms with van der Waals surface area (Å²) in [5.74, 6) is -0.332. The Kier molecular flexibility index (Phi) is 8.75. The van der Waals surface area contributed by atoms with E-state index in [4.69, 9.17) is 0 Å². The van der Waals surface area contributed by atoms with Crippen molar-refractivity contribution in [1.29, 1.82) is 0 Å². The average Bonchev–Trinajstić information content (AvgIpc) is 3.00. The minimum atomic E-state index is -4.08. The third kappa shape index (κ3) is 6.77. The molecule has 8 nitrogen and oxygen atoms in total. The number of nitrogens with one attached hydrogen (secondary N) is 2. The van der Waals surface area contributed by atoms with Gasteiger partial charge in [0.25, 0.3) is 20.0 Å². The van der Waals surface area contributed by atoms with Crippen molar-refractivity contribution in [3.63, 3.8) is 0 Å². The number of aryl methyl sites for hydroxylation is 1. The van der Waals surface area contributed by atoms with Gasteiger partial charge in [0.1, 0.15) is 6.54 Å². The largest absolute Gasteiger partial charge is 0.325 e. The van der Waals surface area contributed by atoms with Crippen molar-refractivity contribution in [3.8, 4) is 0 Å². The van der Waals surface area contributed by atoms with Crippen LogP contribution < -0.4 is 14.3 Å². The molecule has 0 bridgehead atoms. The molecule has 0 spiro atoms. The Morgan fingerprint density at radius 1 is 0.727 bits per heavy atom. The Hall–Kier alpha value is -4.67. The molecule has 0 radical (unpaired) electrons. The van der Waals surface area contributed by atoms with E-state index in [2.05, 4.69) is 10.0 Å². The quantitative estimate of drug-likeness (QED) is 0.175. The highest BCUT2D eigenvalue weighted by Crippen LogP contribution is 2.28. The normalized spacial score (nSPS) is 11.8. The van der Waals surface area contributed by atoms with Gasteiger partial charge in [-0.3, -0.25) is 13.8 Å². The van der Waals surface area contributed by atoms with Gasteiger partial charge in [0.15, 0.2) is 0 Å². The lowest BCUT2D eigenvalue weighted by Gasteiger charge is -2.24. The number of carbonyl (C=O) groups excluding carboxylic acids is 1. The summed E-state index contributed by atoms with van der Waals surface area (Å²) in [5, 5.41) is 4.37. The van der Waals surface area contributed by atoms with Gasteiger partial charge in [0.2, 0.25) is 5.91 Å². The molecule has 0 saturated heterocycles. The lowest BCUT2D eigenvalue weighted by atomic mass is 10.0. The van der Waals surface area contributed by atoms with Gasteiger partial charge in [-0.25, -0.2) is 16.8 Å². The SMILES string of the molecule is Cc1ccc(S(=O)(=O)N(CC(=O)Nc2ccc(S(=O)(=O)Nc3cccc4ccccc34)cc2)c2ccc(C(C)C)cc2)cc1. The van der Waals surface area contributed by atoms with Crippen molar-refractivity contribution < 1.29 is 21.6 Å². The Labute approximate surface area is 258 Å². The Bertz CT molecular complexity index is 2000. The van der Waals surface area contributed by atoms with Gasteiger partial charge in [-0.15, -0.1) is 0 Å². The molecule has 0 aromatic heterocycles. The summed E-state index contributed by atoms with van der Waals surface area (Å²) in [6, 6.07) is 32.1. The number of rotatable bonds is 10. The summed E-state index contributed by atoms with van der Waals surface area (Å²) in [5.41, 5.74) is 3.08. The molecule has 0 heterocycles. The number of carbonyl (C=O) groups is 1. The number of amides is 1. The van der Waals surface area contributed by atoms with E-state index >= 15 is 0 Å². The molecule has 0 unspecified atom stereocenters. The third-order valence-corrected chi connectivity index (χ3v) is 10.4. The van der Waals surface area contributed by atoms with E-state index in [0.29, 0.717) is 17.1 Å². The molecule has 5 rings (SSSR count). The molecule has 1 amide bonds. The summed E-state index contributed by atoms with van der Waals surface area (Å²) < 4.78 is 57.4. The molecule has 0 aliphatic rings. The summed E-state index contributed by atoms with van der Waals surface area (Å²) in [6.45, 7) is 5.46. The van der Waals surface area contributed by atoms with Crippen molar-refractivity contribution in [3.05, 3.63) is 126 Å². The second-order valence-electron chi connectivity index (χ2n) is 10.8. The van der Waals surface area contributed by atoms with Crippen LogP contribution >= 0.6 is 0 Å². The van der Waals surface area contributed by atoms with Gasteiger partial charge < -0.3 is 5.32 Å². The van der Waals surface area contributed by atoms with Crippen LogP contribution in [0.4, 0.5) is 17.1 Å². The van der Waals surface area contributed by atoms with Gasteiger partial charge in [0.05, 0.1) is 21.2 Å². The van der Waals surface area contributed by atoms with Crippen molar-refractivity contribution in [2.24, 2.45) is 0 Å². The van der Waals surface area contributed by atoms with E-state index in [1.54, 1.807) is 36.4 Å². The highest BCUT2D eigenvalue weighted by Gasteiger charge is 2.27. The lowest BCUT2D eigenvalue weighted by molar-refractivity contribution is -0.114. The highest BCUT2D eigenvalue weighted by atomic mass is 32.2. The van der Waals surface area contributed by atoms with E-state index in [9.17, 15) is 21.6 Å². The fourth-order valence-electron chi connectivity index (χ4n) is 4.74. The van der Waals surface area contributed by atoms with Crippen LogP contribution in [-0.4, -0.2) is 29.3 Å². The number of sulfonamides is 2. The van der Waals surface area contributed by atoms with E-state index in [1.165, 1.54) is 36.4 Å². The topological polar surface area (TPSA) is 113 Å². The summed E-state index contributed by atoms with van der Waals surface area (Å²) in [4.78, 5) is 13.3. The van der Waals surface area contributed by atoms with E-state index in [-0.39, 0.29) is 15.7 Å². The first-order valence-electron chi connectivity index (χ1n) is 14.0. The first kappa shape index (κ1) is 30.8. The van der Waals surface area contributed by atoms with Crippen LogP contribution in [0.15, 0.2) is 125 Å². The van der Waals surface area contributed by atoms with Crippen molar-refractivity contribution in [2.75, 3.05) is 20.9 Å². The Balaban J connectivity index is 1.35. The zero-order valence-corrected chi connectivity index (χ0v) is 26.2. The predicted molar refractivity (Wildman–Crippen MR) is 176 cm³/mol. The van der Waals surface area contributed by atoms with Crippen LogP contribution in [0, 0.1) is 6.92 Å². The molecular formula is C34H33N3O5S2. The van der Waals surface area contributed by atoms with Gasteiger partial charge in [0, 0.05) is 11.1 Å². The van der Waals surface area contributed by atoms with Crippen LogP contribution in [0.3, 0.4) is 0 Å². The van der Waals surface area contributed by atoms with Crippen molar-refractivity contribution in [1.82, 2.24) is 0 Å². The molecule has 2 N–H and O–H groups in total. The monoisotopic (exact) mass is 627 g/mol. The predicted octanol–water partition coefficient (Wildman–Crippen LogP) is 6.91. The van der Waals surface area contributed by atoms with Gasteiger partial charge in [-0.05, 0) is 78.4 Å². The number of anilines is 3. The molecule has 5 aromatic carbocycles. The molecule has 0 aliphatic heterocycles. The maximum absolute atomic E-state index is 13.7. The minimum Gasteiger partial charge on any atom is -0.325 e. The molecule has 0 atom stereocenters. The Morgan fingerprint density at radius 3 is 2.00 bits per heavy atom. The number of nitrogens with zero attached hydrogens (tertiary/aromatic N) is 1. The molecular weight excluding hydrogens is 595 g/mol. The van der Waals surface area contributed by atoms with E-state index < -0.39 is 32.5 Å². The van der Waals surface area contributed by atoms with Crippen LogP contribution in [0.2, 0.25) is 0 Å². The van der Waals surface area contributed by atoms with Crippen LogP contribution in [-0.2, 0) is 24.8 Å². The molecule has 5 aromatic rings. The summed E-state index contributed by atoms with van der Waals surface area (Å²) >= 11 is 0. The highest BCUT2D eigenvalue weighted by molar-refractivity contribution is 7.93. The maximum Gasteiger partial charge on any atom is 0.264 e. The molecule has 10 heteroatoms. The molecule has 226 valence electrons. The minimum absolute atomic E-state index is 0.0113. The first-order chi connectivity index (χ1) is 20.9. The van der Waals surface area contributed by atoms with Gasteiger partial charge in [-0.2, -0.15) is 0 Å². The molecule has 44 heavy (non-hydrogen) atoms. The zero-order chi connectivity index (χ0) is 31.5. The van der Waals surface area contributed by atoms with Crippen LogP contribution in [0.5, 0.6) is 0 Å². The van der Waals surface area contributed by atoms with E-state index in [1.807, 2.05) is 63.2 Å². The average molecular weight is 628 g/mol. The van der Waals surface area contributed by atoms with Crippen molar-refractivity contribution >= 4 is 53.8 Å². The molecule has 0 fully saturated rings.